The van der Waals surface area contributed by atoms with Crippen LogP contribution in [0.15, 0.2) is 58.6 Å². The third-order valence-electron chi connectivity index (χ3n) is 3.66. The van der Waals surface area contributed by atoms with Crippen molar-refractivity contribution in [3.05, 3.63) is 80.3 Å². The fourth-order valence-corrected chi connectivity index (χ4v) is 2.31. The normalized spacial score (nSPS) is 11.3. The zero-order chi connectivity index (χ0) is 18.7. The van der Waals surface area contributed by atoms with Crippen LogP contribution < -0.4 is 11.0 Å². The molecule has 0 radical (unpaired) electrons. The molecule has 2 N–H and O–H groups in total. The van der Waals surface area contributed by atoms with Gasteiger partial charge in [-0.2, -0.15) is 5.10 Å². The molecule has 0 unspecified atom stereocenters. The molecule has 2 heterocycles. The Labute approximate surface area is 146 Å². The van der Waals surface area contributed by atoms with E-state index in [1.807, 2.05) is 0 Å². The van der Waals surface area contributed by atoms with Crippen molar-refractivity contribution in [2.24, 2.45) is 5.10 Å². The molecule has 0 spiro atoms. The van der Waals surface area contributed by atoms with Gasteiger partial charge in [-0.25, -0.2) is 10.4 Å². The summed E-state index contributed by atoms with van der Waals surface area (Å²) in [6.45, 7) is 1.59. The van der Waals surface area contributed by atoms with Crippen LogP contribution in [-0.2, 0) is 0 Å². The zero-order valence-corrected chi connectivity index (χ0v) is 13.6. The number of pyridine rings is 2. The number of hydrogen-bond donors (Lipinski definition) is 2. The Morgan fingerprint density at radius 2 is 2.08 bits per heavy atom. The first-order valence-electron chi connectivity index (χ1n) is 7.53. The van der Waals surface area contributed by atoms with Crippen molar-refractivity contribution in [2.75, 3.05) is 0 Å². The number of carbonyl (C=O) groups excluding carboxylic acids is 1. The van der Waals surface area contributed by atoms with Crippen molar-refractivity contribution in [2.45, 2.75) is 6.92 Å². The maximum atomic E-state index is 12.3. The standard InChI is InChI=1S/C17H13N5O4/c1-10(11-4-2-6-13(8-11)22(25)26)20-21-17(24)14-9-12-5-3-7-18-15(12)19-16(14)23/h2-9H,1H3,(H,21,24)(H,18,19,23)/b20-10+. The van der Waals surface area contributed by atoms with Crippen molar-refractivity contribution in [1.29, 1.82) is 0 Å². The Kier molecular flexibility index (Phi) is 4.52. The SMILES string of the molecule is C/C(=N\NC(=O)c1cc2cccnc2[nH]c1=O)c1cccc([N+](=O)[O-])c1. The summed E-state index contributed by atoms with van der Waals surface area (Å²) in [5, 5.41) is 15.4. The minimum Gasteiger partial charge on any atom is -0.306 e. The Morgan fingerprint density at radius 3 is 2.85 bits per heavy atom. The fraction of sp³-hybridized carbons (Fsp3) is 0.0588. The van der Waals surface area contributed by atoms with Crippen molar-refractivity contribution < 1.29 is 9.72 Å². The van der Waals surface area contributed by atoms with Gasteiger partial charge in [-0.05, 0) is 25.1 Å². The molecule has 3 aromatic rings. The quantitative estimate of drug-likeness (QED) is 0.422. The topological polar surface area (TPSA) is 130 Å². The molecule has 0 aliphatic carbocycles. The van der Waals surface area contributed by atoms with Gasteiger partial charge in [0.1, 0.15) is 11.2 Å². The van der Waals surface area contributed by atoms with Gasteiger partial charge in [0.2, 0.25) is 0 Å². The van der Waals surface area contributed by atoms with Gasteiger partial charge in [-0.1, -0.05) is 12.1 Å². The number of amides is 1. The number of nitrogens with one attached hydrogen (secondary N) is 2. The van der Waals surface area contributed by atoms with E-state index in [0.29, 0.717) is 22.3 Å². The van der Waals surface area contributed by atoms with Crippen LogP contribution in [0.2, 0.25) is 0 Å². The summed E-state index contributed by atoms with van der Waals surface area (Å²) in [6.07, 6.45) is 1.53. The number of benzene rings is 1. The number of hydrogen-bond acceptors (Lipinski definition) is 6. The predicted octanol–water partition coefficient (Wildman–Crippen LogP) is 1.99. The second-order valence-corrected chi connectivity index (χ2v) is 5.40. The smallest absolute Gasteiger partial charge is 0.276 e. The highest BCUT2D eigenvalue weighted by atomic mass is 16.6. The lowest BCUT2D eigenvalue weighted by Gasteiger charge is -2.04. The van der Waals surface area contributed by atoms with Crippen LogP contribution in [0.25, 0.3) is 11.0 Å². The van der Waals surface area contributed by atoms with Crippen molar-refractivity contribution >= 4 is 28.3 Å². The lowest BCUT2D eigenvalue weighted by molar-refractivity contribution is -0.384. The number of hydrazone groups is 1. The molecule has 0 bridgehead atoms. The van der Waals surface area contributed by atoms with Gasteiger partial charge in [-0.3, -0.25) is 19.7 Å². The molecule has 0 saturated heterocycles. The number of aromatic nitrogens is 2. The van der Waals surface area contributed by atoms with Crippen LogP contribution in [-0.4, -0.2) is 26.5 Å². The first-order valence-corrected chi connectivity index (χ1v) is 7.53. The Hall–Kier alpha value is -3.88. The van der Waals surface area contributed by atoms with E-state index in [0.717, 1.165) is 0 Å². The van der Waals surface area contributed by atoms with E-state index >= 15 is 0 Å². The maximum absolute atomic E-state index is 12.3. The molecule has 26 heavy (non-hydrogen) atoms. The van der Waals surface area contributed by atoms with Crippen LogP contribution in [0.3, 0.4) is 0 Å². The number of aromatic amines is 1. The van der Waals surface area contributed by atoms with Gasteiger partial charge in [0.05, 0.1) is 10.6 Å². The second-order valence-electron chi connectivity index (χ2n) is 5.40. The molecule has 0 aliphatic rings. The van der Waals surface area contributed by atoms with E-state index in [4.69, 9.17) is 0 Å². The lowest BCUT2D eigenvalue weighted by atomic mass is 10.1. The average Bonchev–Trinajstić information content (AvgIpc) is 2.65. The lowest BCUT2D eigenvalue weighted by Crippen LogP contribution is -2.27. The average molecular weight is 351 g/mol. The monoisotopic (exact) mass is 351 g/mol. The molecule has 0 aliphatic heterocycles. The molecule has 1 aromatic carbocycles. The van der Waals surface area contributed by atoms with Crippen molar-refractivity contribution in [3.8, 4) is 0 Å². The van der Waals surface area contributed by atoms with E-state index in [9.17, 15) is 19.7 Å². The van der Waals surface area contributed by atoms with E-state index < -0.39 is 16.4 Å². The van der Waals surface area contributed by atoms with Gasteiger partial charge in [0.15, 0.2) is 0 Å². The Bertz CT molecular complexity index is 1100. The first-order chi connectivity index (χ1) is 12.5. The third-order valence-corrected chi connectivity index (χ3v) is 3.66. The fourth-order valence-electron chi connectivity index (χ4n) is 2.31. The molecule has 1 amide bonds. The van der Waals surface area contributed by atoms with Crippen LogP contribution in [0.1, 0.15) is 22.8 Å². The van der Waals surface area contributed by atoms with Crippen LogP contribution >= 0.6 is 0 Å². The highest BCUT2D eigenvalue weighted by molar-refractivity contribution is 6.01. The summed E-state index contributed by atoms with van der Waals surface area (Å²) >= 11 is 0. The summed E-state index contributed by atoms with van der Waals surface area (Å²) in [7, 11) is 0. The van der Waals surface area contributed by atoms with Crippen LogP contribution in [0, 0.1) is 10.1 Å². The number of carbonyl (C=O) groups is 1. The van der Waals surface area contributed by atoms with E-state index in [1.165, 1.54) is 30.5 Å². The van der Waals surface area contributed by atoms with Crippen molar-refractivity contribution in [1.82, 2.24) is 15.4 Å². The Balaban J connectivity index is 1.85. The largest absolute Gasteiger partial charge is 0.306 e. The minimum atomic E-state index is -0.693. The van der Waals surface area contributed by atoms with Gasteiger partial charge in [0, 0.05) is 29.3 Å². The number of H-pyrrole nitrogens is 1. The van der Waals surface area contributed by atoms with Crippen LogP contribution in [0.4, 0.5) is 5.69 Å². The summed E-state index contributed by atoms with van der Waals surface area (Å²) in [4.78, 5) is 41.1. The summed E-state index contributed by atoms with van der Waals surface area (Å²) in [5.41, 5.74) is 2.74. The number of fused-ring (bicyclic) bond motifs is 1. The van der Waals surface area contributed by atoms with Gasteiger partial charge < -0.3 is 4.98 Å². The third kappa shape index (κ3) is 3.46. The summed E-state index contributed by atoms with van der Waals surface area (Å²) < 4.78 is 0. The second kappa shape index (κ2) is 6.93. The van der Waals surface area contributed by atoms with E-state index in [-0.39, 0.29) is 11.3 Å². The number of non-ortho nitro benzene ring substituents is 1. The number of nitro groups is 1. The molecule has 0 saturated carbocycles. The van der Waals surface area contributed by atoms with E-state index in [2.05, 4.69) is 20.5 Å². The van der Waals surface area contributed by atoms with Crippen molar-refractivity contribution in [3.63, 3.8) is 0 Å². The molecule has 130 valence electrons. The van der Waals surface area contributed by atoms with Crippen LogP contribution in [0.5, 0.6) is 0 Å². The summed E-state index contributed by atoms with van der Waals surface area (Å²) in [6, 6.07) is 10.7. The maximum Gasteiger partial charge on any atom is 0.276 e. The molecule has 0 atom stereocenters. The first kappa shape index (κ1) is 17.0. The molecule has 2 aromatic heterocycles. The summed E-state index contributed by atoms with van der Waals surface area (Å²) in [5.74, 6) is -0.693. The predicted molar refractivity (Wildman–Crippen MR) is 95.1 cm³/mol. The number of rotatable bonds is 4. The van der Waals surface area contributed by atoms with Gasteiger partial charge >= 0.3 is 0 Å². The van der Waals surface area contributed by atoms with Gasteiger partial charge in [-0.15, -0.1) is 0 Å². The number of nitro benzene ring substituents is 1. The molecule has 9 heteroatoms. The molecular weight excluding hydrogens is 338 g/mol. The highest BCUT2D eigenvalue weighted by Gasteiger charge is 2.12. The molecular formula is C17H13N5O4. The molecule has 9 nitrogen and oxygen atoms in total. The molecule has 3 rings (SSSR count). The number of nitrogens with zero attached hydrogens (tertiary/aromatic N) is 3. The minimum absolute atomic E-state index is 0.0816. The Morgan fingerprint density at radius 1 is 1.27 bits per heavy atom. The van der Waals surface area contributed by atoms with Gasteiger partial charge in [0.25, 0.3) is 17.2 Å². The highest BCUT2D eigenvalue weighted by Crippen LogP contribution is 2.13. The zero-order valence-electron chi connectivity index (χ0n) is 13.6. The van der Waals surface area contributed by atoms with E-state index in [1.54, 1.807) is 25.1 Å². The molecule has 0 fully saturated rings.